The maximum absolute atomic E-state index is 11.9. The molecule has 1 atom stereocenters. The molecular formula is C12H11Cl2NO3. The van der Waals surface area contributed by atoms with Crippen molar-refractivity contribution in [2.24, 2.45) is 0 Å². The number of carboxylic acid groups (broad SMARTS) is 1. The largest absolute Gasteiger partial charge is 0.480 e. The molecule has 6 heteroatoms. The molecule has 1 aromatic rings. The number of carbonyl (C=O) groups is 2. The van der Waals surface area contributed by atoms with Crippen LogP contribution in [0.4, 0.5) is 5.69 Å². The topological polar surface area (TPSA) is 57.6 Å². The summed E-state index contributed by atoms with van der Waals surface area (Å²) in [4.78, 5) is 24.4. The van der Waals surface area contributed by atoms with Crippen LogP contribution in [0.3, 0.4) is 0 Å². The van der Waals surface area contributed by atoms with Gasteiger partial charge in [0.15, 0.2) is 0 Å². The normalized spacial score (nSPS) is 20.0. The zero-order valence-corrected chi connectivity index (χ0v) is 10.9. The molecule has 0 spiro atoms. The number of hydrogen-bond acceptors (Lipinski definition) is 2. The first-order valence-corrected chi connectivity index (χ1v) is 6.26. The second kappa shape index (κ2) is 5.16. The van der Waals surface area contributed by atoms with Crippen LogP contribution in [-0.2, 0) is 9.59 Å². The fourth-order valence-electron chi connectivity index (χ4n) is 2.06. The number of rotatable bonds is 2. The number of aliphatic carboxylic acids is 1. The van der Waals surface area contributed by atoms with Crippen molar-refractivity contribution in [3.63, 3.8) is 0 Å². The lowest BCUT2D eigenvalue weighted by Crippen LogP contribution is -2.48. The van der Waals surface area contributed by atoms with E-state index in [1.807, 2.05) is 0 Å². The molecule has 0 saturated carbocycles. The highest BCUT2D eigenvalue weighted by atomic mass is 35.5. The molecule has 1 amide bonds. The van der Waals surface area contributed by atoms with E-state index in [1.54, 1.807) is 12.1 Å². The van der Waals surface area contributed by atoms with Crippen molar-refractivity contribution in [2.45, 2.75) is 25.3 Å². The summed E-state index contributed by atoms with van der Waals surface area (Å²) in [7, 11) is 0. The van der Waals surface area contributed by atoms with E-state index in [9.17, 15) is 9.59 Å². The highest BCUT2D eigenvalue weighted by Gasteiger charge is 2.34. The number of benzene rings is 1. The minimum atomic E-state index is -1.01. The molecular weight excluding hydrogens is 277 g/mol. The smallest absolute Gasteiger partial charge is 0.326 e. The maximum atomic E-state index is 11.9. The number of carboxylic acids is 1. The number of piperidine rings is 1. The van der Waals surface area contributed by atoms with Crippen LogP contribution in [0.5, 0.6) is 0 Å². The van der Waals surface area contributed by atoms with Gasteiger partial charge in [0.1, 0.15) is 6.04 Å². The van der Waals surface area contributed by atoms with Crippen molar-refractivity contribution in [3.05, 3.63) is 28.2 Å². The molecule has 1 heterocycles. The summed E-state index contributed by atoms with van der Waals surface area (Å²) in [5.74, 6) is -1.21. The average Bonchev–Trinajstić information content (AvgIpc) is 2.32. The van der Waals surface area contributed by atoms with Crippen LogP contribution in [0.15, 0.2) is 18.2 Å². The van der Waals surface area contributed by atoms with Crippen LogP contribution in [0.25, 0.3) is 0 Å². The maximum Gasteiger partial charge on any atom is 0.326 e. The monoisotopic (exact) mass is 287 g/mol. The Morgan fingerprint density at radius 1 is 1.33 bits per heavy atom. The molecule has 1 aliphatic heterocycles. The van der Waals surface area contributed by atoms with Crippen molar-refractivity contribution < 1.29 is 14.7 Å². The van der Waals surface area contributed by atoms with Gasteiger partial charge in [-0.3, -0.25) is 9.69 Å². The Hall–Kier alpha value is -1.26. The minimum absolute atomic E-state index is 0.202. The van der Waals surface area contributed by atoms with Gasteiger partial charge < -0.3 is 5.11 Å². The van der Waals surface area contributed by atoms with Gasteiger partial charge in [0, 0.05) is 12.1 Å². The summed E-state index contributed by atoms with van der Waals surface area (Å²) in [5.41, 5.74) is 0.474. The van der Waals surface area contributed by atoms with Crippen LogP contribution < -0.4 is 4.90 Å². The Bertz CT molecular complexity index is 504. The van der Waals surface area contributed by atoms with Crippen molar-refractivity contribution in [1.29, 1.82) is 0 Å². The first kappa shape index (κ1) is 13.2. The zero-order valence-electron chi connectivity index (χ0n) is 9.40. The molecule has 0 aromatic heterocycles. The van der Waals surface area contributed by atoms with E-state index in [0.29, 0.717) is 35.0 Å². The van der Waals surface area contributed by atoms with Crippen molar-refractivity contribution >= 4 is 40.8 Å². The first-order valence-electron chi connectivity index (χ1n) is 5.50. The molecule has 2 rings (SSSR count). The number of hydrogen-bond donors (Lipinski definition) is 1. The molecule has 1 unspecified atom stereocenters. The molecule has 4 nitrogen and oxygen atoms in total. The second-order valence-electron chi connectivity index (χ2n) is 4.11. The summed E-state index contributed by atoms with van der Waals surface area (Å²) >= 11 is 11.7. The van der Waals surface area contributed by atoms with E-state index >= 15 is 0 Å². The average molecular weight is 288 g/mol. The van der Waals surface area contributed by atoms with Gasteiger partial charge in [0.05, 0.1) is 10.0 Å². The summed E-state index contributed by atoms with van der Waals surface area (Å²) in [6, 6.07) is 3.85. The summed E-state index contributed by atoms with van der Waals surface area (Å²) < 4.78 is 0. The lowest BCUT2D eigenvalue weighted by atomic mass is 10.0. The van der Waals surface area contributed by atoms with Crippen molar-refractivity contribution in [2.75, 3.05) is 4.90 Å². The molecule has 1 N–H and O–H groups in total. The van der Waals surface area contributed by atoms with Gasteiger partial charge in [-0.1, -0.05) is 23.2 Å². The highest BCUT2D eigenvalue weighted by Crippen LogP contribution is 2.31. The third-order valence-corrected chi connectivity index (χ3v) is 3.65. The van der Waals surface area contributed by atoms with E-state index < -0.39 is 12.0 Å². The molecule has 1 saturated heterocycles. The fourth-order valence-corrected chi connectivity index (χ4v) is 2.36. The SMILES string of the molecule is O=C(O)C1CCCC(=O)N1c1ccc(Cl)c(Cl)c1. The van der Waals surface area contributed by atoms with Gasteiger partial charge in [0.2, 0.25) is 5.91 Å². The minimum Gasteiger partial charge on any atom is -0.480 e. The number of amides is 1. The number of nitrogens with zero attached hydrogens (tertiary/aromatic N) is 1. The number of anilines is 1. The van der Waals surface area contributed by atoms with E-state index in [-0.39, 0.29) is 5.91 Å². The summed E-state index contributed by atoms with van der Waals surface area (Å²) in [6.07, 6.45) is 1.39. The van der Waals surface area contributed by atoms with Crippen LogP contribution in [0.1, 0.15) is 19.3 Å². The molecule has 1 aliphatic rings. The summed E-state index contributed by atoms with van der Waals surface area (Å²) in [6.45, 7) is 0. The van der Waals surface area contributed by atoms with Crippen LogP contribution in [0, 0.1) is 0 Å². The van der Waals surface area contributed by atoms with E-state index in [2.05, 4.69) is 0 Å². The van der Waals surface area contributed by atoms with Gasteiger partial charge in [0.25, 0.3) is 0 Å². The fraction of sp³-hybridized carbons (Fsp3) is 0.333. The van der Waals surface area contributed by atoms with Crippen LogP contribution in [-0.4, -0.2) is 23.0 Å². The Morgan fingerprint density at radius 2 is 2.06 bits per heavy atom. The molecule has 1 fully saturated rings. The van der Waals surface area contributed by atoms with E-state index in [0.717, 1.165) is 0 Å². The lowest BCUT2D eigenvalue weighted by Gasteiger charge is -2.33. The molecule has 0 bridgehead atoms. The Kier molecular flexibility index (Phi) is 3.78. The summed E-state index contributed by atoms with van der Waals surface area (Å²) in [5, 5.41) is 9.83. The third-order valence-electron chi connectivity index (χ3n) is 2.91. The van der Waals surface area contributed by atoms with Crippen LogP contribution >= 0.6 is 23.2 Å². The second-order valence-corrected chi connectivity index (χ2v) is 4.92. The standard InChI is InChI=1S/C12H11Cl2NO3/c13-8-5-4-7(6-9(8)14)15-10(12(17)18)2-1-3-11(15)16/h4-6,10H,1-3H2,(H,17,18). The molecule has 1 aromatic carbocycles. The van der Waals surface area contributed by atoms with Gasteiger partial charge >= 0.3 is 5.97 Å². The number of halogens is 2. The third kappa shape index (κ3) is 2.44. The van der Waals surface area contributed by atoms with Crippen LogP contribution in [0.2, 0.25) is 10.0 Å². The lowest BCUT2D eigenvalue weighted by molar-refractivity contribution is -0.141. The van der Waals surface area contributed by atoms with E-state index in [1.165, 1.54) is 11.0 Å². The first-order chi connectivity index (χ1) is 8.50. The Balaban J connectivity index is 2.40. The van der Waals surface area contributed by atoms with E-state index in [4.69, 9.17) is 28.3 Å². The predicted molar refractivity (Wildman–Crippen MR) is 69.2 cm³/mol. The number of carbonyl (C=O) groups excluding carboxylic acids is 1. The van der Waals surface area contributed by atoms with Crippen molar-refractivity contribution in [3.8, 4) is 0 Å². The Morgan fingerprint density at radius 3 is 2.67 bits per heavy atom. The predicted octanol–water partition coefficient (Wildman–Crippen LogP) is 2.96. The Labute approximate surface area is 114 Å². The molecule has 18 heavy (non-hydrogen) atoms. The van der Waals surface area contributed by atoms with Gasteiger partial charge in [-0.25, -0.2) is 4.79 Å². The molecule has 0 radical (unpaired) electrons. The molecule has 96 valence electrons. The van der Waals surface area contributed by atoms with Gasteiger partial charge in [-0.2, -0.15) is 0 Å². The van der Waals surface area contributed by atoms with Gasteiger partial charge in [-0.15, -0.1) is 0 Å². The van der Waals surface area contributed by atoms with Gasteiger partial charge in [-0.05, 0) is 31.0 Å². The molecule has 0 aliphatic carbocycles. The zero-order chi connectivity index (χ0) is 13.3. The van der Waals surface area contributed by atoms with Crippen molar-refractivity contribution in [1.82, 2.24) is 0 Å². The quantitative estimate of drug-likeness (QED) is 0.910. The highest BCUT2D eigenvalue weighted by molar-refractivity contribution is 6.42.